The van der Waals surface area contributed by atoms with Gasteiger partial charge in [0.25, 0.3) is 0 Å². The maximum absolute atomic E-state index is 14.3. The zero-order valence-corrected chi connectivity index (χ0v) is 22.2. The number of nitrogens with zero attached hydrogens (tertiary/aromatic N) is 5. The molecule has 0 bridgehead atoms. The number of nitrogens with two attached hydrogens (primary N) is 1. The molecule has 0 saturated carbocycles. The van der Waals surface area contributed by atoms with Crippen LogP contribution in [0.3, 0.4) is 0 Å². The second-order valence-corrected chi connectivity index (χ2v) is 9.97. The molecule has 3 aromatic heterocycles. The Morgan fingerprint density at radius 2 is 1.84 bits per heavy atom. The first-order chi connectivity index (χ1) is 17.0. The van der Waals surface area contributed by atoms with Gasteiger partial charge in [-0.15, -0.1) is 35.0 Å². The van der Waals surface area contributed by atoms with Crippen molar-refractivity contribution < 1.29 is 22.7 Å². The summed E-state index contributed by atoms with van der Waals surface area (Å²) < 4.78 is 58.2. The van der Waals surface area contributed by atoms with Crippen molar-refractivity contribution in [3.8, 4) is 11.5 Å². The number of benzene rings is 1. The molecule has 4 aromatic rings. The lowest BCUT2D eigenvalue weighted by Gasteiger charge is -2.30. The van der Waals surface area contributed by atoms with E-state index in [2.05, 4.69) is 15.2 Å². The number of fused-ring (bicyclic) bond motifs is 2. The predicted molar refractivity (Wildman–Crippen MR) is 141 cm³/mol. The maximum atomic E-state index is 14.3. The molecule has 1 fully saturated rings. The zero-order chi connectivity index (χ0) is 25.8. The van der Waals surface area contributed by atoms with Crippen molar-refractivity contribution in [1.82, 2.24) is 24.5 Å². The van der Waals surface area contributed by atoms with Crippen LogP contribution < -0.4 is 5.73 Å². The van der Waals surface area contributed by atoms with Crippen LogP contribution in [0, 0.1) is 5.82 Å². The number of alkyl halides is 3. The second kappa shape index (κ2) is 10.9. The van der Waals surface area contributed by atoms with Crippen molar-refractivity contribution in [3.05, 3.63) is 59.5 Å². The smallest absolute Gasteiger partial charge is 0.395 e. The van der Waals surface area contributed by atoms with Gasteiger partial charge in [-0.1, -0.05) is 26.0 Å². The first-order valence-electron chi connectivity index (χ1n) is 11.6. The summed E-state index contributed by atoms with van der Waals surface area (Å²) in [4.78, 5) is 6.03. The van der Waals surface area contributed by atoms with Crippen molar-refractivity contribution in [3.63, 3.8) is 0 Å². The molecular formula is C25H28Cl2F4N6O. The van der Waals surface area contributed by atoms with Gasteiger partial charge in [0.1, 0.15) is 17.6 Å². The number of rotatable bonds is 5. The highest BCUT2D eigenvalue weighted by atomic mass is 35.5. The van der Waals surface area contributed by atoms with Crippen LogP contribution in [-0.4, -0.2) is 61.5 Å². The lowest BCUT2D eigenvalue weighted by atomic mass is 9.84. The van der Waals surface area contributed by atoms with E-state index in [1.165, 1.54) is 39.8 Å². The molecule has 2 atom stereocenters. The topological polar surface area (TPSA) is 92.6 Å². The number of hydrogen-bond acceptors (Lipinski definition) is 6. The molecule has 1 saturated heterocycles. The standard InChI is InChI=1S/C25H26F4N6O.2ClH/c1-24(2,13-36)18-10-16(26)9-14-3-5-19(31-21(14)18)23-33-32-20-6-4-15(11-35(20)23)22(25(27,28)29)34-8-7-17(30)12-34;;/h3-6,9-11,17,22,36H,7-8,12-13,30H2,1-2H3;2*1H/t17-,22?;;/m1../s1. The van der Waals surface area contributed by atoms with Crippen molar-refractivity contribution >= 4 is 41.4 Å². The summed E-state index contributed by atoms with van der Waals surface area (Å²) in [6.45, 7) is 3.73. The lowest BCUT2D eigenvalue weighted by molar-refractivity contribution is -0.183. The molecule has 1 unspecified atom stereocenters. The van der Waals surface area contributed by atoms with Crippen molar-refractivity contribution in [2.24, 2.45) is 5.73 Å². The molecule has 38 heavy (non-hydrogen) atoms. The summed E-state index contributed by atoms with van der Waals surface area (Å²) in [6, 6.07) is 6.78. The summed E-state index contributed by atoms with van der Waals surface area (Å²) in [7, 11) is 0. The van der Waals surface area contributed by atoms with Crippen LogP contribution in [0.15, 0.2) is 42.6 Å². The molecule has 1 aliphatic rings. The van der Waals surface area contributed by atoms with E-state index in [1.54, 1.807) is 26.0 Å². The van der Waals surface area contributed by atoms with Crippen LogP contribution >= 0.6 is 24.8 Å². The van der Waals surface area contributed by atoms with Crippen LogP contribution in [0.5, 0.6) is 0 Å². The number of aromatic nitrogens is 4. The van der Waals surface area contributed by atoms with Gasteiger partial charge in [0.2, 0.25) is 0 Å². The summed E-state index contributed by atoms with van der Waals surface area (Å²) in [5, 5.41) is 18.7. The highest BCUT2D eigenvalue weighted by molar-refractivity contribution is 5.86. The fraction of sp³-hybridized carbons (Fsp3) is 0.400. The molecule has 4 heterocycles. The van der Waals surface area contributed by atoms with Crippen LogP contribution in [0.4, 0.5) is 17.6 Å². The predicted octanol–water partition coefficient (Wildman–Crippen LogP) is 4.83. The molecule has 0 spiro atoms. The lowest BCUT2D eigenvalue weighted by Crippen LogP contribution is -2.38. The molecule has 5 rings (SSSR count). The molecule has 0 radical (unpaired) electrons. The molecule has 13 heteroatoms. The van der Waals surface area contributed by atoms with E-state index in [9.17, 15) is 22.7 Å². The normalized spacial score (nSPS) is 17.4. The van der Waals surface area contributed by atoms with Crippen LogP contribution in [-0.2, 0) is 5.41 Å². The van der Waals surface area contributed by atoms with Gasteiger partial charge < -0.3 is 10.8 Å². The number of likely N-dealkylation sites (tertiary alicyclic amines) is 1. The third kappa shape index (κ3) is 5.43. The summed E-state index contributed by atoms with van der Waals surface area (Å²) in [5.41, 5.74) is 6.87. The molecule has 1 aromatic carbocycles. The Morgan fingerprint density at radius 3 is 2.47 bits per heavy atom. The Balaban J connectivity index is 0.00000200. The number of aliphatic hydroxyl groups excluding tert-OH is 1. The Kier molecular flexibility index (Phi) is 8.59. The van der Waals surface area contributed by atoms with Crippen molar-refractivity contribution in [2.75, 3.05) is 19.7 Å². The Bertz CT molecular complexity index is 1440. The van der Waals surface area contributed by atoms with E-state index >= 15 is 0 Å². The monoisotopic (exact) mass is 574 g/mol. The first kappa shape index (κ1) is 30.0. The second-order valence-electron chi connectivity index (χ2n) is 9.97. The molecule has 3 N–H and O–H groups in total. The van der Waals surface area contributed by atoms with E-state index in [0.29, 0.717) is 34.2 Å². The van der Waals surface area contributed by atoms with Crippen LogP contribution in [0.25, 0.3) is 28.1 Å². The highest BCUT2D eigenvalue weighted by Gasteiger charge is 2.46. The fourth-order valence-electron chi connectivity index (χ4n) is 4.82. The molecule has 7 nitrogen and oxygen atoms in total. The van der Waals surface area contributed by atoms with Gasteiger partial charge in [0.15, 0.2) is 11.5 Å². The quantitative estimate of drug-likeness (QED) is 0.331. The van der Waals surface area contributed by atoms with Crippen LogP contribution in [0.1, 0.15) is 37.4 Å². The van der Waals surface area contributed by atoms with Gasteiger partial charge in [-0.05, 0) is 41.8 Å². The fourth-order valence-corrected chi connectivity index (χ4v) is 4.82. The van der Waals surface area contributed by atoms with Gasteiger partial charge in [-0.2, -0.15) is 13.2 Å². The van der Waals surface area contributed by atoms with E-state index in [4.69, 9.17) is 5.73 Å². The van der Waals surface area contributed by atoms with Gasteiger partial charge in [0, 0.05) is 36.1 Å². The highest BCUT2D eigenvalue weighted by Crippen LogP contribution is 2.39. The van der Waals surface area contributed by atoms with E-state index in [1.807, 2.05) is 0 Å². The Labute approximate surface area is 228 Å². The first-order valence-corrected chi connectivity index (χ1v) is 11.6. The average Bonchev–Trinajstić information content (AvgIpc) is 3.43. The summed E-state index contributed by atoms with van der Waals surface area (Å²) in [5.74, 6) is -0.198. The Hall–Kier alpha value is -2.57. The SMILES string of the molecule is CC(C)(CO)c1cc(F)cc2ccc(-c3nnc4ccc(C(N5CC[C@@H](N)C5)C(F)(F)F)cn34)nc12.Cl.Cl. The summed E-state index contributed by atoms with van der Waals surface area (Å²) in [6.07, 6.45) is -2.61. The van der Waals surface area contributed by atoms with E-state index in [-0.39, 0.29) is 61.9 Å². The largest absolute Gasteiger partial charge is 0.408 e. The number of pyridine rings is 2. The minimum atomic E-state index is -4.50. The maximum Gasteiger partial charge on any atom is 0.408 e. The molecule has 206 valence electrons. The molecule has 0 aliphatic carbocycles. The minimum Gasteiger partial charge on any atom is -0.395 e. The number of hydrogen-bond donors (Lipinski definition) is 2. The van der Waals surface area contributed by atoms with Gasteiger partial charge in [0.05, 0.1) is 12.1 Å². The van der Waals surface area contributed by atoms with Gasteiger partial charge in [-0.25, -0.2) is 9.37 Å². The van der Waals surface area contributed by atoms with Crippen molar-refractivity contribution in [2.45, 2.75) is 43.9 Å². The summed E-state index contributed by atoms with van der Waals surface area (Å²) >= 11 is 0. The zero-order valence-electron chi connectivity index (χ0n) is 20.6. The van der Waals surface area contributed by atoms with Gasteiger partial charge >= 0.3 is 6.18 Å². The number of aliphatic hydroxyl groups is 1. The van der Waals surface area contributed by atoms with E-state index < -0.39 is 23.5 Å². The minimum absolute atomic E-state index is 0. The number of halogens is 6. The average molecular weight is 575 g/mol. The van der Waals surface area contributed by atoms with Crippen LogP contribution in [0.2, 0.25) is 0 Å². The molecular weight excluding hydrogens is 547 g/mol. The third-order valence-corrected chi connectivity index (χ3v) is 6.78. The third-order valence-electron chi connectivity index (χ3n) is 6.78. The van der Waals surface area contributed by atoms with E-state index in [0.717, 1.165) is 0 Å². The molecule has 1 aliphatic heterocycles. The Morgan fingerprint density at radius 1 is 1.11 bits per heavy atom. The molecule has 0 amide bonds. The van der Waals surface area contributed by atoms with Gasteiger partial charge in [-0.3, -0.25) is 9.30 Å². The van der Waals surface area contributed by atoms with Crippen molar-refractivity contribution in [1.29, 1.82) is 0 Å².